The van der Waals surface area contributed by atoms with E-state index in [9.17, 15) is 5.11 Å². The summed E-state index contributed by atoms with van der Waals surface area (Å²) in [6, 6.07) is 10.8. The first-order chi connectivity index (χ1) is 12.2. The molecule has 25 heavy (non-hydrogen) atoms. The van der Waals surface area contributed by atoms with Crippen LogP contribution in [0, 0.1) is 5.92 Å². The minimum atomic E-state index is -0.680. The van der Waals surface area contributed by atoms with Gasteiger partial charge in [0.2, 0.25) is 0 Å². The fraction of sp³-hybridized carbons (Fsp3) is 0.550. The highest BCUT2D eigenvalue weighted by Crippen LogP contribution is 2.47. The number of anilines is 1. The van der Waals surface area contributed by atoms with Crippen LogP contribution in [0.5, 0.6) is 0 Å². The molecule has 2 aliphatic rings. The number of piperidine rings is 1. The zero-order valence-corrected chi connectivity index (χ0v) is 15.6. The number of rotatable bonds is 4. The highest BCUT2D eigenvalue weighted by molar-refractivity contribution is 7.13. The minimum absolute atomic E-state index is 0.319. The Kier molecular flexibility index (Phi) is 4.80. The van der Waals surface area contributed by atoms with Gasteiger partial charge in [-0.3, -0.25) is 4.90 Å². The summed E-state index contributed by atoms with van der Waals surface area (Å²) in [4.78, 5) is 7.22. The molecular weight excluding hydrogens is 330 g/mol. The van der Waals surface area contributed by atoms with Gasteiger partial charge >= 0.3 is 0 Å². The van der Waals surface area contributed by atoms with Crippen molar-refractivity contribution in [3.05, 3.63) is 47.0 Å². The molecule has 4 nitrogen and oxygen atoms in total. The van der Waals surface area contributed by atoms with Gasteiger partial charge in [-0.1, -0.05) is 43.2 Å². The number of hydrogen-bond donors (Lipinski definition) is 2. The Hall–Kier alpha value is -1.43. The number of benzene rings is 1. The lowest BCUT2D eigenvalue weighted by molar-refractivity contribution is -0.123. The topological polar surface area (TPSA) is 48.4 Å². The van der Waals surface area contributed by atoms with E-state index in [1.165, 1.54) is 19.3 Å². The molecule has 1 saturated carbocycles. The van der Waals surface area contributed by atoms with Crippen LogP contribution in [0.25, 0.3) is 0 Å². The molecule has 0 spiro atoms. The van der Waals surface area contributed by atoms with Crippen LogP contribution in [-0.4, -0.2) is 34.6 Å². The predicted molar refractivity (Wildman–Crippen MR) is 103 cm³/mol. The molecule has 5 heteroatoms. The van der Waals surface area contributed by atoms with Crippen LogP contribution in [0.3, 0.4) is 0 Å². The van der Waals surface area contributed by atoms with Crippen molar-refractivity contribution in [3.8, 4) is 0 Å². The lowest BCUT2D eigenvalue weighted by Gasteiger charge is -2.52. The second kappa shape index (κ2) is 7.06. The van der Waals surface area contributed by atoms with E-state index in [1.54, 1.807) is 11.3 Å². The van der Waals surface area contributed by atoms with E-state index in [0.29, 0.717) is 12.0 Å². The third kappa shape index (κ3) is 3.21. The van der Waals surface area contributed by atoms with Crippen molar-refractivity contribution in [1.82, 2.24) is 9.88 Å². The van der Waals surface area contributed by atoms with Gasteiger partial charge in [0, 0.05) is 37.5 Å². The number of nitrogens with zero attached hydrogens (tertiary/aromatic N) is 2. The molecule has 1 aliphatic heterocycles. The summed E-state index contributed by atoms with van der Waals surface area (Å²) >= 11 is 1.67. The van der Waals surface area contributed by atoms with Crippen LogP contribution in [0.2, 0.25) is 0 Å². The molecule has 1 aromatic heterocycles. The summed E-state index contributed by atoms with van der Waals surface area (Å²) in [5.41, 5.74) is 1.56. The van der Waals surface area contributed by atoms with Gasteiger partial charge in [0.1, 0.15) is 0 Å². The van der Waals surface area contributed by atoms with E-state index in [2.05, 4.69) is 32.7 Å². The average molecular weight is 358 g/mol. The lowest BCUT2D eigenvalue weighted by atomic mass is 9.66. The molecule has 2 fully saturated rings. The quantitative estimate of drug-likeness (QED) is 0.873. The van der Waals surface area contributed by atoms with Crippen molar-refractivity contribution in [1.29, 1.82) is 0 Å². The molecule has 0 unspecified atom stereocenters. The molecule has 0 amide bonds. The summed E-state index contributed by atoms with van der Waals surface area (Å²) in [5, 5.41) is 17.9. The lowest BCUT2D eigenvalue weighted by Crippen LogP contribution is -2.57. The van der Waals surface area contributed by atoms with E-state index < -0.39 is 5.60 Å². The van der Waals surface area contributed by atoms with E-state index in [0.717, 1.165) is 42.3 Å². The Balaban J connectivity index is 1.57. The molecule has 2 aromatic rings. The Morgan fingerprint density at radius 2 is 2.08 bits per heavy atom. The number of likely N-dealkylation sites (tertiary alicyclic amines) is 1. The van der Waals surface area contributed by atoms with Gasteiger partial charge < -0.3 is 10.4 Å². The molecular formula is C20H27N3OS. The third-order valence-electron chi connectivity index (χ3n) is 6.00. The largest absolute Gasteiger partial charge is 0.385 e. The second-order valence-electron chi connectivity index (χ2n) is 7.36. The minimum Gasteiger partial charge on any atom is -0.385 e. The molecule has 3 atom stereocenters. The van der Waals surface area contributed by atoms with E-state index in [-0.39, 0.29) is 0 Å². The van der Waals surface area contributed by atoms with E-state index >= 15 is 0 Å². The molecule has 1 saturated heterocycles. The van der Waals surface area contributed by atoms with Crippen molar-refractivity contribution < 1.29 is 5.11 Å². The monoisotopic (exact) mass is 357 g/mol. The van der Waals surface area contributed by atoms with Gasteiger partial charge in [0.05, 0.1) is 11.3 Å². The highest BCUT2D eigenvalue weighted by atomic mass is 32.1. The van der Waals surface area contributed by atoms with Crippen LogP contribution < -0.4 is 5.32 Å². The van der Waals surface area contributed by atoms with Crippen LogP contribution in [0.1, 0.15) is 43.4 Å². The molecule has 2 N–H and O–H groups in total. The summed E-state index contributed by atoms with van der Waals surface area (Å²) in [6.07, 6.45) is 5.60. The highest BCUT2D eigenvalue weighted by Gasteiger charge is 2.48. The third-order valence-corrected chi connectivity index (χ3v) is 6.91. The fourth-order valence-electron chi connectivity index (χ4n) is 4.75. The van der Waals surface area contributed by atoms with Gasteiger partial charge in [-0.05, 0) is 24.8 Å². The fourth-order valence-corrected chi connectivity index (χ4v) is 5.42. The Bertz CT molecular complexity index is 704. The van der Waals surface area contributed by atoms with Gasteiger partial charge in [0.15, 0.2) is 5.13 Å². The molecule has 0 bridgehead atoms. The Morgan fingerprint density at radius 1 is 1.28 bits per heavy atom. The van der Waals surface area contributed by atoms with Gasteiger partial charge in [-0.15, -0.1) is 11.3 Å². The zero-order valence-electron chi connectivity index (χ0n) is 14.8. The van der Waals surface area contributed by atoms with Gasteiger partial charge in [-0.25, -0.2) is 4.98 Å². The zero-order chi connectivity index (χ0) is 17.3. The average Bonchev–Trinajstić information content (AvgIpc) is 3.13. The van der Waals surface area contributed by atoms with E-state index in [4.69, 9.17) is 0 Å². The molecule has 4 rings (SSSR count). The van der Waals surface area contributed by atoms with Crippen LogP contribution >= 0.6 is 11.3 Å². The summed E-state index contributed by atoms with van der Waals surface area (Å²) in [6.45, 7) is 1.82. The van der Waals surface area contributed by atoms with E-state index in [1.807, 2.05) is 25.2 Å². The number of aromatic nitrogens is 1. The van der Waals surface area contributed by atoms with Crippen molar-refractivity contribution >= 4 is 16.5 Å². The van der Waals surface area contributed by atoms with Crippen molar-refractivity contribution in [2.45, 2.75) is 50.3 Å². The number of aliphatic hydroxyl groups is 1. The summed E-state index contributed by atoms with van der Waals surface area (Å²) < 4.78 is 0. The second-order valence-corrected chi connectivity index (χ2v) is 8.22. The summed E-state index contributed by atoms with van der Waals surface area (Å²) in [5.74, 6) is 0.319. The molecule has 1 aromatic carbocycles. The Morgan fingerprint density at radius 3 is 2.84 bits per heavy atom. The van der Waals surface area contributed by atoms with Crippen molar-refractivity contribution in [2.75, 3.05) is 18.9 Å². The maximum Gasteiger partial charge on any atom is 0.182 e. The predicted octanol–water partition coefficient (Wildman–Crippen LogP) is 3.84. The number of fused-ring (bicyclic) bond motifs is 1. The molecule has 2 heterocycles. The number of thiazole rings is 1. The SMILES string of the molecule is CNc1nc(CN2CC[C@@](O)(c3ccccc3)[C@H]3CCCC[C@@H]32)cs1. The number of nitrogens with one attached hydrogen (secondary N) is 1. The summed E-state index contributed by atoms with van der Waals surface area (Å²) in [7, 11) is 1.92. The maximum absolute atomic E-state index is 11.6. The normalized spacial score (nSPS) is 30.0. The van der Waals surface area contributed by atoms with Crippen LogP contribution in [-0.2, 0) is 12.1 Å². The van der Waals surface area contributed by atoms with Gasteiger partial charge in [0.25, 0.3) is 0 Å². The van der Waals surface area contributed by atoms with Crippen molar-refractivity contribution in [3.63, 3.8) is 0 Å². The number of hydrogen-bond acceptors (Lipinski definition) is 5. The maximum atomic E-state index is 11.6. The molecule has 134 valence electrons. The van der Waals surface area contributed by atoms with Crippen LogP contribution in [0.4, 0.5) is 5.13 Å². The Labute approximate surface area is 153 Å². The smallest absolute Gasteiger partial charge is 0.182 e. The van der Waals surface area contributed by atoms with Gasteiger partial charge in [-0.2, -0.15) is 0 Å². The van der Waals surface area contributed by atoms with Crippen molar-refractivity contribution in [2.24, 2.45) is 5.92 Å². The molecule has 0 radical (unpaired) electrons. The molecule has 1 aliphatic carbocycles. The standard InChI is InChI=1S/C20H27N3OS/c1-21-19-22-16(14-25-19)13-23-12-11-20(24,15-7-3-2-4-8-15)17-9-5-6-10-18(17)23/h2-4,7-8,14,17-18,24H,5-6,9-13H2,1H3,(H,21,22)/t17-,18-,20+/m0/s1. The first kappa shape index (κ1) is 17.0. The first-order valence-electron chi connectivity index (χ1n) is 9.35. The first-order valence-corrected chi connectivity index (χ1v) is 10.2. The van der Waals surface area contributed by atoms with Crippen LogP contribution in [0.15, 0.2) is 35.7 Å².